The second-order valence-corrected chi connectivity index (χ2v) is 1.18. The molecule has 5 heteroatoms. The van der Waals surface area contributed by atoms with Crippen LogP contribution in [0.25, 0.3) is 0 Å². The minimum atomic E-state index is -0.508. The molecule has 44 valence electrons. The molecule has 0 unspecified atom stereocenters. The summed E-state index contributed by atoms with van der Waals surface area (Å²) in [5.74, 6) is -0.0957. The zero-order valence-electron chi connectivity index (χ0n) is 2.78. The number of rotatable bonds is 1. The fraction of sp³-hybridized carbons (Fsp3) is 0.500. The molecule has 0 saturated heterocycles. The Balaban J connectivity index is -0.0000000800. The van der Waals surface area contributed by atoms with Gasteiger partial charge in [0.15, 0.2) is 17.4 Å². The smallest absolute Gasteiger partial charge is 0.236 e. The van der Waals surface area contributed by atoms with E-state index >= 15 is 0 Å². The van der Waals surface area contributed by atoms with Crippen LogP contribution in [-0.2, 0) is 4.79 Å². The van der Waals surface area contributed by atoms with E-state index < -0.39 is 5.24 Å². The highest BCUT2D eigenvalue weighted by Crippen LogP contribution is 1.80. The predicted octanol–water partition coefficient (Wildman–Crippen LogP) is 0.228. The van der Waals surface area contributed by atoms with Crippen molar-refractivity contribution in [3.8, 4) is 0 Å². The Labute approximate surface area is 68.9 Å². The van der Waals surface area contributed by atoms with E-state index in [0.717, 1.165) is 0 Å². The number of halogens is 3. The number of carbonyl (C=O) groups excluding carboxylic acids is 1. The van der Waals surface area contributed by atoms with E-state index in [1.807, 2.05) is 0 Å². The van der Waals surface area contributed by atoms with Gasteiger partial charge >= 0.3 is 0 Å². The molecule has 0 aromatic heterocycles. The van der Waals surface area contributed by atoms with Crippen LogP contribution in [0, 0.1) is 0 Å². The molecule has 0 aromatic carbocycles. The first-order valence-corrected chi connectivity index (χ1v) is 1.93. The molecule has 0 radical (unpaired) electrons. The van der Waals surface area contributed by atoms with Crippen molar-refractivity contribution in [2.45, 2.75) is 0 Å². The van der Waals surface area contributed by atoms with Gasteiger partial charge in [0.1, 0.15) is 0 Å². The highest BCUT2D eigenvalue weighted by molar-refractivity contribution is 6.67. The number of carbonyl (C=O) groups is 1. The van der Waals surface area contributed by atoms with Crippen LogP contribution in [-0.4, -0.2) is 28.5 Å². The van der Waals surface area contributed by atoms with Crippen molar-refractivity contribution < 1.29 is 4.79 Å². The summed E-state index contributed by atoms with van der Waals surface area (Å²) in [4.78, 5) is 9.45. The molecular formula is C2H6AlCl3O. The van der Waals surface area contributed by atoms with Gasteiger partial charge in [-0.05, 0) is 11.6 Å². The molecule has 0 atom stereocenters. The molecule has 0 rings (SSSR count). The Morgan fingerprint density at radius 2 is 1.71 bits per heavy atom. The van der Waals surface area contributed by atoms with Gasteiger partial charge < -0.3 is 0 Å². The Morgan fingerprint density at radius 3 is 1.71 bits per heavy atom. The number of alkyl halides is 1. The Kier molecular flexibility index (Phi) is 22.7. The van der Waals surface area contributed by atoms with Crippen LogP contribution in [0.5, 0.6) is 0 Å². The monoisotopic (exact) mass is 178 g/mol. The van der Waals surface area contributed by atoms with Gasteiger partial charge in [0.2, 0.25) is 5.24 Å². The van der Waals surface area contributed by atoms with Gasteiger partial charge in [-0.1, -0.05) is 0 Å². The summed E-state index contributed by atoms with van der Waals surface area (Å²) in [7, 11) is 0. The standard InChI is InChI=1S/C2H2Cl2O.Al.ClH.3H/c3-1-2(4)5;;;;;/h1H2;;1H;;;. The fourth-order valence-corrected chi connectivity index (χ4v) is 0. The highest BCUT2D eigenvalue weighted by Gasteiger charge is 1.83. The Bertz CT molecular complexity index is 48.2. The van der Waals surface area contributed by atoms with Gasteiger partial charge in [-0.2, -0.15) is 0 Å². The lowest BCUT2D eigenvalue weighted by Crippen LogP contribution is -1.81. The maximum absolute atomic E-state index is 9.45. The summed E-state index contributed by atoms with van der Waals surface area (Å²) in [5, 5.41) is -0.508. The van der Waals surface area contributed by atoms with E-state index in [1.54, 1.807) is 0 Å². The first-order valence-electron chi connectivity index (χ1n) is 1.01. The largest absolute Gasteiger partial charge is 0.280 e. The summed E-state index contributed by atoms with van der Waals surface area (Å²) in [6.45, 7) is 0. The second-order valence-electron chi connectivity index (χ2n) is 0.489. The Morgan fingerprint density at radius 1 is 1.57 bits per heavy atom. The molecule has 1 nitrogen and oxygen atoms in total. The third kappa shape index (κ3) is 19.3. The molecule has 0 aliphatic carbocycles. The van der Waals surface area contributed by atoms with E-state index in [2.05, 4.69) is 0 Å². The maximum atomic E-state index is 9.45. The molecule has 0 aliphatic heterocycles. The molecule has 0 saturated carbocycles. The quantitative estimate of drug-likeness (QED) is 0.320. The predicted molar refractivity (Wildman–Crippen MR) is 38.8 cm³/mol. The number of hydrogen-bond donors (Lipinski definition) is 0. The highest BCUT2D eigenvalue weighted by atomic mass is 35.5. The lowest BCUT2D eigenvalue weighted by atomic mass is 10.9. The van der Waals surface area contributed by atoms with Gasteiger partial charge in [-0.3, -0.25) is 4.79 Å². The normalized spacial score (nSPS) is 5.43. The van der Waals surface area contributed by atoms with Crippen LogP contribution in [0.3, 0.4) is 0 Å². The summed E-state index contributed by atoms with van der Waals surface area (Å²) in [6.07, 6.45) is 0. The molecule has 0 aliphatic rings. The first-order chi connectivity index (χ1) is 2.27. The maximum Gasteiger partial charge on any atom is 0.236 e. The number of hydrogen-bond acceptors (Lipinski definition) is 1. The summed E-state index contributed by atoms with van der Waals surface area (Å²) < 4.78 is 0. The van der Waals surface area contributed by atoms with Gasteiger partial charge in [0.25, 0.3) is 0 Å². The second kappa shape index (κ2) is 10.1. The van der Waals surface area contributed by atoms with Crippen LogP contribution >= 0.6 is 35.6 Å². The van der Waals surface area contributed by atoms with Crippen molar-refractivity contribution in [3.63, 3.8) is 0 Å². The average Bonchev–Trinajstić information content (AvgIpc) is 1.38. The molecule has 0 spiro atoms. The van der Waals surface area contributed by atoms with Crippen molar-refractivity contribution in [2.24, 2.45) is 0 Å². The van der Waals surface area contributed by atoms with Crippen LogP contribution in [0.4, 0.5) is 0 Å². The van der Waals surface area contributed by atoms with Crippen molar-refractivity contribution >= 4 is 58.2 Å². The van der Waals surface area contributed by atoms with Crippen molar-refractivity contribution in [3.05, 3.63) is 0 Å². The SMILES string of the molecule is Cl.O=C(Cl)CCl.[AlH3]. The lowest BCUT2D eigenvalue weighted by molar-refractivity contribution is -0.109. The van der Waals surface area contributed by atoms with E-state index in [0.29, 0.717) is 0 Å². The zero-order valence-corrected chi connectivity index (χ0v) is 5.11. The van der Waals surface area contributed by atoms with Gasteiger partial charge in [-0.15, -0.1) is 24.0 Å². The molecule has 0 N–H and O–H groups in total. The van der Waals surface area contributed by atoms with E-state index in [1.165, 1.54) is 0 Å². The fourth-order valence-electron chi connectivity index (χ4n) is 0. The van der Waals surface area contributed by atoms with Crippen LogP contribution < -0.4 is 0 Å². The third-order valence-electron chi connectivity index (χ3n) is 0.105. The van der Waals surface area contributed by atoms with E-state index in [4.69, 9.17) is 23.2 Å². The average molecular weight is 179 g/mol. The van der Waals surface area contributed by atoms with Gasteiger partial charge in [0.05, 0.1) is 5.88 Å². The van der Waals surface area contributed by atoms with Crippen LogP contribution in [0.1, 0.15) is 0 Å². The molecule has 0 bridgehead atoms. The minimum Gasteiger partial charge on any atom is -0.280 e. The van der Waals surface area contributed by atoms with E-state index in [9.17, 15) is 4.79 Å². The molecular weight excluding hydrogens is 173 g/mol. The molecule has 0 aromatic rings. The first kappa shape index (κ1) is 15.7. The third-order valence-corrected chi connectivity index (χ3v) is 0.618. The van der Waals surface area contributed by atoms with Gasteiger partial charge in [0, 0.05) is 0 Å². The molecule has 7 heavy (non-hydrogen) atoms. The Hall–Kier alpha value is 1.07. The molecule has 0 amide bonds. The summed E-state index contributed by atoms with van der Waals surface area (Å²) in [6, 6.07) is 0. The summed E-state index contributed by atoms with van der Waals surface area (Å²) in [5.41, 5.74) is 0. The van der Waals surface area contributed by atoms with Crippen molar-refractivity contribution in [1.29, 1.82) is 0 Å². The topological polar surface area (TPSA) is 17.1 Å². The minimum absolute atomic E-state index is 0. The zero-order chi connectivity index (χ0) is 4.28. The molecule has 0 heterocycles. The lowest BCUT2D eigenvalue weighted by Gasteiger charge is -1.65. The summed E-state index contributed by atoms with van der Waals surface area (Å²) >= 11 is 9.55. The van der Waals surface area contributed by atoms with Gasteiger partial charge in [-0.25, -0.2) is 0 Å². The van der Waals surface area contributed by atoms with Crippen molar-refractivity contribution in [1.82, 2.24) is 0 Å². The van der Waals surface area contributed by atoms with Crippen molar-refractivity contribution in [2.75, 3.05) is 5.88 Å². The van der Waals surface area contributed by atoms with Crippen LogP contribution in [0.15, 0.2) is 0 Å². The van der Waals surface area contributed by atoms with E-state index in [-0.39, 0.29) is 35.6 Å². The molecule has 0 fully saturated rings. The van der Waals surface area contributed by atoms with Crippen LogP contribution in [0.2, 0.25) is 0 Å².